The first-order chi connectivity index (χ1) is 3.13. The SMILES string of the molecule is [CH2]C(C)=CC(=C)C. The highest BCUT2D eigenvalue weighted by atomic mass is 13.8. The van der Waals surface area contributed by atoms with Crippen LogP contribution in [0.1, 0.15) is 13.8 Å². The first kappa shape index (κ1) is 6.48. The summed E-state index contributed by atoms with van der Waals surface area (Å²) in [7, 11) is 0. The summed E-state index contributed by atoms with van der Waals surface area (Å²) in [6.45, 7) is 11.3. The van der Waals surface area contributed by atoms with Crippen LogP contribution in [0.4, 0.5) is 0 Å². The van der Waals surface area contributed by atoms with E-state index in [2.05, 4.69) is 13.5 Å². The average Bonchev–Trinajstić information content (AvgIpc) is 1.27. The molecule has 0 aliphatic heterocycles. The fraction of sp³-hybridized carbons (Fsp3) is 0.286. The van der Waals surface area contributed by atoms with E-state index < -0.39 is 0 Å². The van der Waals surface area contributed by atoms with Crippen LogP contribution in [-0.2, 0) is 0 Å². The molecule has 0 aromatic rings. The topological polar surface area (TPSA) is 0 Å². The Labute approximate surface area is 45.5 Å². The number of hydrogen-bond donors (Lipinski definition) is 0. The summed E-state index contributed by atoms with van der Waals surface area (Å²) in [5, 5.41) is 0. The van der Waals surface area contributed by atoms with Crippen molar-refractivity contribution >= 4 is 0 Å². The summed E-state index contributed by atoms with van der Waals surface area (Å²) in [6.07, 6.45) is 1.94. The van der Waals surface area contributed by atoms with Crippen LogP contribution in [0.2, 0.25) is 0 Å². The van der Waals surface area contributed by atoms with Gasteiger partial charge in [0.25, 0.3) is 0 Å². The van der Waals surface area contributed by atoms with Gasteiger partial charge >= 0.3 is 0 Å². The highest BCUT2D eigenvalue weighted by Crippen LogP contribution is 1.94. The lowest BCUT2D eigenvalue weighted by atomic mass is 10.2. The molecule has 0 aromatic heterocycles. The normalized spacial score (nSPS) is 11.6. The molecule has 0 saturated carbocycles. The van der Waals surface area contributed by atoms with Crippen molar-refractivity contribution in [2.75, 3.05) is 0 Å². The van der Waals surface area contributed by atoms with Gasteiger partial charge in [-0.15, -0.1) is 0 Å². The Morgan fingerprint density at radius 3 is 1.86 bits per heavy atom. The molecule has 0 rings (SSSR count). The maximum Gasteiger partial charge on any atom is -0.0282 e. The van der Waals surface area contributed by atoms with Gasteiger partial charge in [0, 0.05) is 0 Å². The third-order valence-electron chi connectivity index (χ3n) is 0.493. The van der Waals surface area contributed by atoms with Crippen LogP contribution < -0.4 is 0 Å². The number of allylic oxidation sites excluding steroid dienone is 3. The van der Waals surface area contributed by atoms with Crippen LogP contribution in [0.3, 0.4) is 0 Å². The Balaban J connectivity index is 3.68. The van der Waals surface area contributed by atoms with Gasteiger partial charge in [-0.05, 0) is 20.8 Å². The van der Waals surface area contributed by atoms with Crippen molar-refractivity contribution in [1.29, 1.82) is 0 Å². The minimum Gasteiger partial charge on any atom is -0.0961 e. The predicted molar refractivity (Wildman–Crippen MR) is 33.9 cm³/mol. The summed E-state index contributed by atoms with van der Waals surface area (Å²) >= 11 is 0. The van der Waals surface area contributed by atoms with E-state index in [1.807, 2.05) is 19.9 Å². The largest absolute Gasteiger partial charge is 0.0961 e. The van der Waals surface area contributed by atoms with E-state index in [4.69, 9.17) is 0 Å². The molecule has 0 aromatic carbocycles. The molecule has 0 bridgehead atoms. The zero-order valence-corrected chi connectivity index (χ0v) is 4.99. The van der Waals surface area contributed by atoms with Crippen LogP contribution in [0.15, 0.2) is 23.8 Å². The molecule has 1 radical (unpaired) electrons. The molecular formula is C7H11. The van der Waals surface area contributed by atoms with Gasteiger partial charge in [-0.2, -0.15) is 0 Å². The fourth-order valence-corrected chi connectivity index (χ4v) is 0.421. The Bertz CT molecular complexity index is 92.6. The summed E-state index contributed by atoms with van der Waals surface area (Å²) in [4.78, 5) is 0. The van der Waals surface area contributed by atoms with E-state index in [1.165, 1.54) is 0 Å². The number of hydrogen-bond acceptors (Lipinski definition) is 0. The summed E-state index contributed by atoms with van der Waals surface area (Å²) in [5.41, 5.74) is 2.12. The zero-order chi connectivity index (χ0) is 5.86. The van der Waals surface area contributed by atoms with E-state index in [0.717, 1.165) is 11.1 Å². The summed E-state index contributed by atoms with van der Waals surface area (Å²) < 4.78 is 0. The van der Waals surface area contributed by atoms with Crippen molar-refractivity contribution in [3.05, 3.63) is 30.7 Å². The van der Waals surface area contributed by atoms with Gasteiger partial charge in [0.15, 0.2) is 0 Å². The molecule has 0 amide bonds. The third-order valence-corrected chi connectivity index (χ3v) is 0.493. The molecule has 0 spiro atoms. The smallest absolute Gasteiger partial charge is 0.0282 e. The maximum absolute atomic E-state index is 3.68. The van der Waals surface area contributed by atoms with Gasteiger partial charge in [0.1, 0.15) is 0 Å². The van der Waals surface area contributed by atoms with Gasteiger partial charge in [-0.1, -0.05) is 23.8 Å². The molecule has 0 nitrogen and oxygen atoms in total. The Kier molecular flexibility index (Phi) is 2.42. The lowest BCUT2D eigenvalue weighted by Crippen LogP contribution is -1.64. The molecule has 0 fully saturated rings. The van der Waals surface area contributed by atoms with Crippen molar-refractivity contribution in [3.63, 3.8) is 0 Å². The fourth-order valence-electron chi connectivity index (χ4n) is 0.421. The van der Waals surface area contributed by atoms with Crippen LogP contribution in [0.5, 0.6) is 0 Å². The molecular weight excluding hydrogens is 84.1 g/mol. The van der Waals surface area contributed by atoms with Crippen molar-refractivity contribution in [1.82, 2.24) is 0 Å². The molecule has 0 heterocycles. The quantitative estimate of drug-likeness (QED) is 0.438. The van der Waals surface area contributed by atoms with E-state index in [9.17, 15) is 0 Å². The highest BCUT2D eigenvalue weighted by molar-refractivity contribution is 5.18. The van der Waals surface area contributed by atoms with E-state index >= 15 is 0 Å². The highest BCUT2D eigenvalue weighted by Gasteiger charge is 1.74. The van der Waals surface area contributed by atoms with E-state index in [1.54, 1.807) is 0 Å². The van der Waals surface area contributed by atoms with Crippen molar-refractivity contribution in [2.45, 2.75) is 13.8 Å². The Hall–Kier alpha value is -0.520. The van der Waals surface area contributed by atoms with Gasteiger partial charge in [-0.3, -0.25) is 0 Å². The zero-order valence-electron chi connectivity index (χ0n) is 4.99. The first-order valence-corrected chi connectivity index (χ1v) is 2.28. The standard InChI is InChI=1S/C7H11/c1-6(2)5-7(3)4/h5H,1,3H2,2,4H3. The maximum atomic E-state index is 3.68. The molecule has 0 aliphatic rings. The van der Waals surface area contributed by atoms with Crippen molar-refractivity contribution in [2.24, 2.45) is 0 Å². The van der Waals surface area contributed by atoms with Crippen molar-refractivity contribution in [3.8, 4) is 0 Å². The first-order valence-electron chi connectivity index (χ1n) is 2.28. The van der Waals surface area contributed by atoms with Gasteiger partial charge in [-0.25, -0.2) is 0 Å². The van der Waals surface area contributed by atoms with Crippen LogP contribution >= 0.6 is 0 Å². The lowest BCUT2D eigenvalue weighted by Gasteiger charge is -1.85. The van der Waals surface area contributed by atoms with Gasteiger partial charge < -0.3 is 0 Å². The minimum absolute atomic E-state index is 1.06. The monoisotopic (exact) mass is 95.1 g/mol. The molecule has 0 unspecified atom stereocenters. The summed E-state index contributed by atoms with van der Waals surface area (Å²) in [5.74, 6) is 0. The molecule has 39 valence electrons. The molecule has 0 saturated heterocycles. The molecule has 0 heteroatoms. The predicted octanol–water partition coefficient (Wildman–Crippen LogP) is 2.34. The Morgan fingerprint density at radius 2 is 1.86 bits per heavy atom. The van der Waals surface area contributed by atoms with E-state index in [0.29, 0.717) is 0 Å². The Morgan fingerprint density at radius 1 is 1.43 bits per heavy atom. The lowest BCUT2D eigenvalue weighted by molar-refractivity contribution is 1.45. The molecule has 7 heavy (non-hydrogen) atoms. The summed E-state index contributed by atoms with van der Waals surface area (Å²) in [6, 6.07) is 0. The van der Waals surface area contributed by atoms with Gasteiger partial charge in [0.05, 0.1) is 0 Å². The van der Waals surface area contributed by atoms with Crippen LogP contribution in [0, 0.1) is 6.92 Å². The average molecular weight is 95.2 g/mol. The second kappa shape index (κ2) is 2.62. The molecule has 0 N–H and O–H groups in total. The van der Waals surface area contributed by atoms with Crippen LogP contribution in [0.25, 0.3) is 0 Å². The number of rotatable bonds is 1. The van der Waals surface area contributed by atoms with Crippen LogP contribution in [-0.4, -0.2) is 0 Å². The molecule has 0 aliphatic carbocycles. The molecule has 0 atom stereocenters. The second-order valence-corrected chi connectivity index (χ2v) is 1.84. The van der Waals surface area contributed by atoms with Gasteiger partial charge in [0.2, 0.25) is 0 Å². The third kappa shape index (κ3) is 5.48. The van der Waals surface area contributed by atoms with Crippen molar-refractivity contribution < 1.29 is 0 Å². The minimum atomic E-state index is 1.06. The van der Waals surface area contributed by atoms with E-state index in [-0.39, 0.29) is 0 Å². The second-order valence-electron chi connectivity index (χ2n) is 1.84.